The van der Waals surface area contributed by atoms with Crippen LogP contribution >= 0.6 is 15.9 Å². The van der Waals surface area contributed by atoms with Crippen LogP contribution in [0.3, 0.4) is 0 Å². The average Bonchev–Trinajstić information content (AvgIpc) is 2.38. The molecule has 0 saturated carbocycles. The molecule has 0 spiro atoms. The molecule has 4 nitrogen and oxygen atoms in total. The minimum absolute atomic E-state index is 0.117. The fraction of sp³-hybridized carbons (Fsp3) is 0.385. The van der Waals surface area contributed by atoms with Crippen molar-refractivity contribution >= 4 is 21.6 Å². The monoisotopic (exact) mass is 310 g/mol. The highest BCUT2D eigenvalue weighted by atomic mass is 79.9. The minimum atomic E-state index is -0.381. The number of rotatable bonds is 4. The molecule has 2 rings (SSSR count). The van der Waals surface area contributed by atoms with Gasteiger partial charge in [0.05, 0.1) is 4.92 Å². The Hall–Kier alpha value is -1.20. The molecule has 0 aliphatic heterocycles. The molecule has 1 aliphatic rings. The Kier molecular flexibility index (Phi) is 4.49. The Morgan fingerprint density at radius 3 is 2.89 bits per heavy atom. The third-order valence-corrected chi connectivity index (χ3v) is 3.84. The number of hydrogen-bond donors (Lipinski definition) is 1. The molecule has 1 unspecified atom stereocenters. The van der Waals surface area contributed by atoms with Gasteiger partial charge in [0.15, 0.2) is 0 Å². The molecule has 0 aromatic heterocycles. The van der Waals surface area contributed by atoms with Crippen molar-refractivity contribution in [2.45, 2.75) is 31.8 Å². The molecular weight excluding hydrogens is 296 g/mol. The van der Waals surface area contributed by atoms with Crippen LogP contribution in [0.25, 0.3) is 0 Å². The topological polar surface area (TPSA) is 55.2 Å². The van der Waals surface area contributed by atoms with Crippen molar-refractivity contribution in [2.24, 2.45) is 0 Å². The van der Waals surface area contributed by atoms with Gasteiger partial charge in [-0.2, -0.15) is 0 Å². The van der Waals surface area contributed by atoms with E-state index in [1.54, 1.807) is 18.2 Å². The summed E-state index contributed by atoms with van der Waals surface area (Å²) in [4.78, 5) is 10.3. The Bertz CT molecular complexity index is 474. The summed E-state index contributed by atoms with van der Waals surface area (Å²) < 4.78 is 0.788. The lowest BCUT2D eigenvalue weighted by molar-refractivity contribution is -0.384. The molecule has 0 bridgehead atoms. The molecule has 96 valence electrons. The van der Waals surface area contributed by atoms with Crippen LogP contribution in [0.1, 0.15) is 24.8 Å². The fourth-order valence-corrected chi connectivity index (χ4v) is 2.53. The molecule has 1 aromatic carbocycles. The first kappa shape index (κ1) is 13.2. The summed E-state index contributed by atoms with van der Waals surface area (Å²) in [6.07, 6.45) is 7.75. The molecule has 0 saturated heterocycles. The highest BCUT2D eigenvalue weighted by Crippen LogP contribution is 2.23. The van der Waals surface area contributed by atoms with E-state index in [9.17, 15) is 10.1 Å². The van der Waals surface area contributed by atoms with E-state index in [1.165, 1.54) is 0 Å². The quantitative estimate of drug-likeness (QED) is 0.525. The second kappa shape index (κ2) is 6.11. The number of nitro groups is 1. The number of non-ortho nitro benzene ring substituents is 1. The van der Waals surface area contributed by atoms with Crippen molar-refractivity contribution in [2.75, 3.05) is 0 Å². The Balaban J connectivity index is 1.97. The van der Waals surface area contributed by atoms with Crippen molar-refractivity contribution in [3.63, 3.8) is 0 Å². The lowest BCUT2D eigenvalue weighted by Gasteiger charge is -2.19. The smallest absolute Gasteiger partial charge is 0.270 e. The standard InChI is InChI=1S/C13H15BrN2O2/c14-13-8-12(16(17)18)7-6-10(13)9-15-11-4-2-1-3-5-11/h1-2,6-8,11,15H,3-5,9H2. The van der Waals surface area contributed by atoms with Gasteiger partial charge in [0, 0.05) is 29.2 Å². The van der Waals surface area contributed by atoms with Crippen LogP contribution in [-0.4, -0.2) is 11.0 Å². The molecule has 0 radical (unpaired) electrons. The van der Waals surface area contributed by atoms with Crippen LogP contribution in [0.2, 0.25) is 0 Å². The van der Waals surface area contributed by atoms with Crippen LogP contribution in [-0.2, 0) is 6.54 Å². The van der Waals surface area contributed by atoms with Crippen molar-refractivity contribution in [1.82, 2.24) is 5.32 Å². The van der Waals surface area contributed by atoms with Gasteiger partial charge >= 0.3 is 0 Å². The van der Waals surface area contributed by atoms with E-state index in [4.69, 9.17) is 0 Å². The van der Waals surface area contributed by atoms with Gasteiger partial charge in [-0.15, -0.1) is 0 Å². The summed E-state index contributed by atoms with van der Waals surface area (Å²) >= 11 is 3.38. The maximum Gasteiger partial charge on any atom is 0.270 e. The zero-order valence-corrected chi connectivity index (χ0v) is 11.5. The van der Waals surface area contributed by atoms with Crippen molar-refractivity contribution < 1.29 is 4.92 Å². The summed E-state index contributed by atoms with van der Waals surface area (Å²) in [6.45, 7) is 0.733. The number of benzene rings is 1. The number of allylic oxidation sites excluding steroid dienone is 1. The largest absolute Gasteiger partial charge is 0.310 e. The molecule has 0 heterocycles. The number of nitrogens with zero attached hydrogens (tertiary/aromatic N) is 1. The summed E-state index contributed by atoms with van der Waals surface area (Å²) in [6, 6.07) is 5.41. The lowest BCUT2D eigenvalue weighted by atomic mass is 10.0. The first-order valence-electron chi connectivity index (χ1n) is 5.98. The van der Waals surface area contributed by atoms with Crippen LogP contribution < -0.4 is 5.32 Å². The molecular formula is C13H15BrN2O2. The van der Waals surface area contributed by atoms with Gasteiger partial charge in [-0.05, 0) is 30.9 Å². The van der Waals surface area contributed by atoms with Gasteiger partial charge in [0.25, 0.3) is 5.69 Å². The lowest BCUT2D eigenvalue weighted by Crippen LogP contribution is -2.29. The molecule has 1 aliphatic carbocycles. The number of nitro benzene ring substituents is 1. The third kappa shape index (κ3) is 3.40. The molecule has 0 fully saturated rings. The predicted octanol–water partition coefficient (Wildman–Crippen LogP) is 3.56. The summed E-state index contributed by atoms with van der Waals surface area (Å²) in [5, 5.41) is 14.1. The normalized spacial score (nSPS) is 18.8. The fourth-order valence-electron chi connectivity index (χ4n) is 2.03. The van der Waals surface area contributed by atoms with E-state index in [2.05, 4.69) is 33.4 Å². The molecule has 1 atom stereocenters. The van der Waals surface area contributed by atoms with Gasteiger partial charge < -0.3 is 5.32 Å². The summed E-state index contributed by atoms with van der Waals surface area (Å²) in [5.74, 6) is 0. The minimum Gasteiger partial charge on any atom is -0.310 e. The van der Waals surface area contributed by atoms with Crippen LogP contribution in [0.5, 0.6) is 0 Å². The van der Waals surface area contributed by atoms with E-state index < -0.39 is 0 Å². The van der Waals surface area contributed by atoms with Crippen LogP contribution in [0, 0.1) is 10.1 Å². The predicted molar refractivity (Wildman–Crippen MR) is 74.4 cm³/mol. The maximum absolute atomic E-state index is 10.6. The molecule has 0 amide bonds. The van der Waals surface area contributed by atoms with Crippen LogP contribution in [0.4, 0.5) is 5.69 Å². The first-order valence-corrected chi connectivity index (χ1v) is 6.77. The first-order chi connectivity index (χ1) is 8.66. The van der Waals surface area contributed by atoms with Gasteiger partial charge in [0.1, 0.15) is 0 Å². The maximum atomic E-state index is 10.6. The van der Waals surface area contributed by atoms with E-state index in [1.807, 2.05) is 0 Å². The van der Waals surface area contributed by atoms with Crippen molar-refractivity contribution in [3.05, 3.63) is 50.5 Å². The molecule has 1 N–H and O–H groups in total. The zero-order valence-electron chi connectivity index (χ0n) is 9.93. The van der Waals surface area contributed by atoms with E-state index in [-0.39, 0.29) is 10.6 Å². The second-order valence-electron chi connectivity index (χ2n) is 4.40. The Labute approximate surface area is 114 Å². The van der Waals surface area contributed by atoms with E-state index in [0.717, 1.165) is 35.8 Å². The van der Waals surface area contributed by atoms with Gasteiger partial charge in [-0.3, -0.25) is 10.1 Å². The van der Waals surface area contributed by atoms with Gasteiger partial charge in [-0.1, -0.05) is 28.1 Å². The van der Waals surface area contributed by atoms with Crippen molar-refractivity contribution in [1.29, 1.82) is 0 Å². The number of hydrogen-bond acceptors (Lipinski definition) is 3. The Morgan fingerprint density at radius 2 is 2.28 bits per heavy atom. The van der Waals surface area contributed by atoms with E-state index in [0.29, 0.717) is 6.04 Å². The van der Waals surface area contributed by atoms with Gasteiger partial charge in [-0.25, -0.2) is 0 Å². The third-order valence-electron chi connectivity index (χ3n) is 3.10. The number of halogens is 1. The number of nitrogens with one attached hydrogen (secondary N) is 1. The van der Waals surface area contributed by atoms with E-state index >= 15 is 0 Å². The van der Waals surface area contributed by atoms with Gasteiger partial charge in [0.2, 0.25) is 0 Å². The molecule has 1 aromatic rings. The molecule has 18 heavy (non-hydrogen) atoms. The van der Waals surface area contributed by atoms with Crippen molar-refractivity contribution in [3.8, 4) is 0 Å². The van der Waals surface area contributed by atoms with Crippen LogP contribution in [0.15, 0.2) is 34.8 Å². The highest BCUT2D eigenvalue weighted by molar-refractivity contribution is 9.10. The SMILES string of the molecule is O=[N+]([O-])c1ccc(CNC2CC=CCC2)c(Br)c1. The summed E-state index contributed by atoms with van der Waals surface area (Å²) in [7, 11) is 0. The highest BCUT2D eigenvalue weighted by Gasteiger charge is 2.12. The second-order valence-corrected chi connectivity index (χ2v) is 5.25. The average molecular weight is 311 g/mol. The Morgan fingerprint density at radius 1 is 1.44 bits per heavy atom. The zero-order chi connectivity index (χ0) is 13.0. The molecule has 5 heteroatoms. The summed E-state index contributed by atoms with van der Waals surface area (Å²) in [5.41, 5.74) is 1.17.